The fourth-order valence-electron chi connectivity index (χ4n) is 1.97. The van der Waals surface area contributed by atoms with Crippen molar-refractivity contribution in [2.24, 2.45) is 7.05 Å². The lowest BCUT2D eigenvalue weighted by Gasteiger charge is -2.10. The molecular weight excluding hydrogens is 312 g/mol. The quantitative estimate of drug-likeness (QED) is 0.879. The number of aromatic nitrogens is 2. The second-order valence-electron chi connectivity index (χ2n) is 4.70. The number of benzene rings is 1. The molecule has 114 valence electrons. The monoisotopic (exact) mass is 328 g/mol. The lowest BCUT2D eigenvalue weighted by Crippen LogP contribution is -2.15. The highest BCUT2D eigenvalue weighted by Crippen LogP contribution is 2.25. The third-order valence-electron chi connectivity index (χ3n) is 2.92. The van der Waals surface area contributed by atoms with Crippen molar-refractivity contribution in [1.29, 1.82) is 0 Å². The van der Waals surface area contributed by atoms with E-state index in [4.69, 9.17) is 11.6 Å². The number of hydrogen-bond acceptors (Lipinski definition) is 4. The number of nitrogens with zero attached hydrogens (tertiary/aromatic N) is 2. The molecule has 0 bridgehead atoms. The summed E-state index contributed by atoms with van der Waals surface area (Å²) in [5.74, 6) is 0. The fourth-order valence-corrected chi connectivity index (χ4v) is 3.62. The van der Waals surface area contributed by atoms with E-state index in [9.17, 15) is 8.42 Å². The van der Waals surface area contributed by atoms with E-state index in [1.807, 2.05) is 0 Å². The van der Waals surface area contributed by atoms with Gasteiger partial charge in [0, 0.05) is 19.8 Å². The van der Waals surface area contributed by atoms with Crippen LogP contribution in [-0.4, -0.2) is 25.2 Å². The van der Waals surface area contributed by atoms with Gasteiger partial charge in [0.2, 0.25) is 0 Å². The van der Waals surface area contributed by atoms with E-state index < -0.39 is 10.0 Å². The van der Waals surface area contributed by atoms with Crippen LogP contribution in [0.5, 0.6) is 0 Å². The average molecular weight is 329 g/mol. The fraction of sp³-hybridized carbons (Fsp3) is 0.308. The first-order chi connectivity index (χ1) is 9.83. The van der Waals surface area contributed by atoms with Gasteiger partial charge in [0.1, 0.15) is 4.90 Å². The molecule has 0 radical (unpaired) electrons. The lowest BCUT2D eigenvalue weighted by atomic mass is 10.2. The maximum absolute atomic E-state index is 12.5. The highest BCUT2D eigenvalue weighted by atomic mass is 35.5. The van der Waals surface area contributed by atoms with Gasteiger partial charge in [-0.05, 0) is 31.7 Å². The van der Waals surface area contributed by atoms with Crippen LogP contribution in [0, 0.1) is 6.92 Å². The molecule has 1 aromatic carbocycles. The van der Waals surface area contributed by atoms with Crippen molar-refractivity contribution in [2.75, 3.05) is 11.8 Å². The third-order valence-corrected chi connectivity index (χ3v) is 4.77. The van der Waals surface area contributed by atoms with E-state index in [2.05, 4.69) is 15.1 Å². The van der Waals surface area contributed by atoms with Crippen molar-refractivity contribution < 1.29 is 8.42 Å². The van der Waals surface area contributed by atoms with Gasteiger partial charge in [-0.15, -0.1) is 0 Å². The molecule has 6 nitrogen and oxygen atoms in total. The van der Waals surface area contributed by atoms with Crippen LogP contribution in [0.3, 0.4) is 0 Å². The van der Waals surface area contributed by atoms with Gasteiger partial charge in [0.15, 0.2) is 0 Å². The Kier molecular flexibility index (Phi) is 4.55. The summed E-state index contributed by atoms with van der Waals surface area (Å²) >= 11 is 6.03. The Hall–Kier alpha value is -1.57. The molecule has 0 aliphatic rings. The predicted octanol–water partition coefficient (Wildman–Crippen LogP) is 1.90. The van der Waals surface area contributed by atoms with Gasteiger partial charge in [-0.2, -0.15) is 5.10 Å². The van der Waals surface area contributed by atoms with Crippen molar-refractivity contribution in [1.82, 2.24) is 15.1 Å². The zero-order valence-electron chi connectivity index (χ0n) is 12.0. The van der Waals surface area contributed by atoms with Gasteiger partial charge in [0.05, 0.1) is 16.4 Å². The summed E-state index contributed by atoms with van der Waals surface area (Å²) in [4.78, 5) is 0.0557. The summed E-state index contributed by atoms with van der Waals surface area (Å²) in [6.07, 6.45) is 1.61. The normalized spacial score (nSPS) is 11.6. The van der Waals surface area contributed by atoms with Crippen LogP contribution < -0.4 is 10.0 Å². The van der Waals surface area contributed by atoms with E-state index >= 15 is 0 Å². The Labute approximate surface area is 129 Å². The van der Waals surface area contributed by atoms with Crippen LogP contribution in [0.2, 0.25) is 5.02 Å². The molecule has 0 aliphatic heterocycles. The number of nitrogens with one attached hydrogen (secondary N) is 2. The maximum Gasteiger partial charge on any atom is 0.263 e. The summed E-state index contributed by atoms with van der Waals surface area (Å²) < 4.78 is 29.0. The molecule has 0 amide bonds. The van der Waals surface area contributed by atoms with Crippen LogP contribution in [0.15, 0.2) is 29.3 Å². The van der Waals surface area contributed by atoms with Gasteiger partial charge in [-0.1, -0.05) is 17.7 Å². The maximum atomic E-state index is 12.5. The number of halogens is 1. The highest BCUT2D eigenvalue weighted by molar-refractivity contribution is 7.92. The lowest BCUT2D eigenvalue weighted by molar-refractivity contribution is 0.601. The van der Waals surface area contributed by atoms with E-state index in [-0.39, 0.29) is 9.92 Å². The summed E-state index contributed by atoms with van der Waals surface area (Å²) in [5, 5.41) is 7.26. The van der Waals surface area contributed by atoms with E-state index in [0.717, 1.165) is 5.56 Å². The van der Waals surface area contributed by atoms with Gasteiger partial charge >= 0.3 is 0 Å². The Morgan fingerprint density at radius 3 is 2.67 bits per heavy atom. The molecule has 21 heavy (non-hydrogen) atoms. The molecule has 8 heteroatoms. The largest absolute Gasteiger partial charge is 0.316 e. The average Bonchev–Trinajstić information content (AvgIpc) is 2.69. The summed E-state index contributed by atoms with van der Waals surface area (Å²) in [5.41, 5.74) is 1.88. The number of hydrogen-bond donors (Lipinski definition) is 2. The summed E-state index contributed by atoms with van der Waals surface area (Å²) in [6, 6.07) is 4.93. The molecule has 2 aromatic rings. The summed E-state index contributed by atoms with van der Waals surface area (Å²) in [7, 11) is -0.238. The Bertz CT molecular complexity index is 756. The van der Waals surface area contributed by atoms with Crippen molar-refractivity contribution in [3.63, 3.8) is 0 Å². The standard InChI is InChI=1S/C13H17ClN4O2S/c1-9-12(8-18(3)16-9)17-21(19,20)13-6-10(7-15-2)4-5-11(13)14/h4-6,8,15,17H,7H2,1-3H3. The molecule has 0 fully saturated rings. The number of aryl methyl sites for hydroxylation is 2. The van der Waals surface area contributed by atoms with Gasteiger partial charge in [-0.25, -0.2) is 8.42 Å². The first kappa shape index (κ1) is 15.8. The molecule has 0 atom stereocenters. The van der Waals surface area contributed by atoms with Crippen molar-refractivity contribution >= 4 is 27.3 Å². The molecule has 0 spiro atoms. The van der Waals surface area contributed by atoms with Crippen LogP contribution in [0.1, 0.15) is 11.3 Å². The van der Waals surface area contributed by atoms with Crippen molar-refractivity contribution in [3.05, 3.63) is 40.7 Å². The molecule has 1 aromatic heterocycles. The first-order valence-electron chi connectivity index (χ1n) is 6.29. The van der Waals surface area contributed by atoms with E-state index in [0.29, 0.717) is 17.9 Å². The number of rotatable bonds is 5. The molecule has 0 saturated heterocycles. The third kappa shape index (κ3) is 3.55. The molecule has 1 heterocycles. The summed E-state index contributed by atoms with van der Waals surface area (Å²) in [6.45, 7) is 2.29. The van der Waals surface area contributed by atoms with Crippen LogP contribution >= 0.6 is 11.6 Å². The van der Waals surface area contributed by atoms with Crippen LogP contribution in [-0.2, 0) is 23.6 Å². The SMILES string of the molecule is CNCc1ccc(Cl)c(S(=O)(=O)Nc2cn(C)nc2C)c1. The molecule has 0 aliphatic carbocycles. The second kappa shape index (κ2) is 6.05. The molecule has 0 saturated carbocycles. The Balaban J connectivity index is 2.39. The minimum Gasteiger partial charge on any atom is -0.316 e. The minimum absolute atomic E-state index is 0.0557. The molecule has 2 N–H and O–H groups in total. The molecule has 2 rings (SSSR count). The minimum atomic E-state index is -3.76. The van der Waals surface area contributed by atoms with Crippen molar-refractivity contribution in [3.8, 4) is 0 Å². The molecular formula is C13H17ClN4O2S. The van der Waals surface area contributed by atoms with E-state index in [1.165, 1.54) is 0 Å². The second-order valence-corrected chi connectivity index (χ2v) is 6.76. The predicted molar refractivity (Wildman–Crippen MR) is 83.0 cm³/mol. The highest BCUT2D eigenvalue weighted by Gasteiger charge is 2.20. The van der Waals surface area contributed by atoms with Crippen LogP contribution in [0.4, 0.5) is 5.69 Å². The zero-order chi connectivity index (χ0) is 15.6. The number of sulfonamides is 1. The topological polar surface area (TPSA) is 76.0 Å². The van der Waals surface area contributed by atoms with Gasteiger partial charge in [-0.3, -0.25) is 9.40 Å². The van der Waals surface area contributed by atoms with Gasteiger partial charge < -0.3 is 5.32 Å². The number of anilines is 1. The Morgan fingerprint density at radius 2 is 2.10 bits per heavy atom. The first-order valence-corrected chi connectivity index (χ1v) is 8.15. The van der Waals surface area contributed by atoms with E-state index in [1.54, 1.807) is 50.1 Å². The molecule has 0 unspecified atom stereocenters. The van der Waals surface area contributed by atoms with Crippen molar-refractivity contribution in [2.45, 2.75) is 18.4 Å². The zero-order valence-corrected chi connectivity index (χ0v) is 13.6. The Morgan fingerprint density at radius 1 is 1.38 bits per heavy atom. The smallest absolute Gasteiger partial charge is 0.263 e. The van der Waals surface area contributed by atoms with Gasteiger partial charge in [0.25, 0.3) is 10.0 Å². The van der Waals surface area contributed by atoms with Crippen LogP contribution in [0.25, 0.3) is 0 Å².